The number of oxazole rings is 1. The van der Waals surface area contributed by atoms with Crippen molar-refractivity contribution in [3.63, 3.8) is 0 Å². The van der Waals surface area contributed by atoms with Crippen LogP contribution in [0.2, 0.25) is 0 Å². The third kappa shape index (κ3) is 2.99. The number of esters is 1. The summed E-state index contributed by atoms with van der Waals surface area (Å²) >= 11 is 0. The van der Waals surface area contributed by atoms with Crippen LogP contribution in [0.1, 0.15) is 30.3 Å². The maximum atomic E-state index is 11.4. The zero-order valence-electron chi connectivity index (χ0n) is 10.1. The maximum absolute atomic E-state index is 11.4. The topological polar surface area (TPSA) is 93.5 Å². The molecule has 1 amide bonds. The number of rotatable bonds is 4. The number of hydrogen-bond donors (Lipinski definition) is 2. The Morgan fingerprint density at radius 2 is 2.56 bits per heavy atom. The predicted molar refractivity (Wildman–Crippen MR) is 62.1 cm³/mol. The molecule has 2 rings (SSSR count). The lowest BCUT2D eigenvalue weighted by molar-refractivity contribution is -0.122. The second-order valence-electron chi connectivity index (χ2n) is 3.94. The summed E-state index contributed by atoms with van der Waals surface area (Å²) in [5, 5.41) is 5.76. The van der Waals surface area contributed by atoms with E-state index in [0.29, 0.717) is 26.0 Å². The molecular formula is C11H15N3O4. The third-order valence-corrected chi connectivity index (χ3v) is 2.58. The number of hydrogen-bond acceptors (Lipinski definition) is 6. The Morgan fingerprint density at radius 1 is 1.72 bits per heavy atom. The van der Waals surface area contributed by atoms with Crippen molar-refractivity contribution in [1.82, 2.24) is 10.3 Å². The first-order chi connectivity index (χ1) is 8.69. The number of nitrogens with zero attached hydrogens (tertiary/aromatic N) is 1. The zero-order chi connectivity index (χ0) is 13.0. The van der Waals surface area contributed by atoms with E-state index in [1.54, 1.807) is 6.92 Å². The Bertz CT molecular complexity index is 433. The molecule has 18 heavy (non-hydrogen) atoms. The van der Waals surface area contributed by atoms with Crippen LogP contribution in [0.5, 0.6) is 0 Å². The van der Waals surface area contributed by atoms with E-state index in [2.05, 4.69) is 15.6 Å². The van der Waals surface area contributed by atoms with Crippen LogP contribution >= 0.6 is 0 Å². The number of piperidine rings is 1. The fourth-order valence-corrected chi connectivity index (χ4v) is 1.67. The molecule has 0 spiro atoms. The molecule has 0 aliphatic carbocycles. The lowest BCUT2D eigenvalue weighted by Crippen LogP contribution is -2.41. The van der Waals surface area contributed by atoms with Gasteiger partial charge in [-0.2, -0.15) is 4.98 Å². The summed E-state index contributed by atoms with van der Waals surface area (Å²) in [5.74, 6) is -0.459. The van der Waals surface area contributed by atoms with Crippen LogP contribution in [-0.4, -0.2) is 36.1 Å². The Hall–Kier alpha value is -2.05. The standard InChI is InChI=1S/C11H15N3O4/c1-2-17-10(16)8-6-18-11(14-8)13-7-3-4-9(15)12-5-7/h6-7H,2-5H2,1H3,(H,12,15)(H,13,14). The van der Waals surface area contributed by atoms with Crippen molar-refractivity contribution in [2.45, 2.75) is 25.8 Å². The van der Waals surface area contributed by atoms with E-state index in [4.69, 9.17) is 9.15 Å². The lowest BCUT2D eigenvalue weighted by atomic mass is 10.1. The average molecular weight is 253 g/mol. The summed E-state index contributed by atoms with van der Waals surface area (Å²) in [7, 11) is 0. The molecule has 1 saturated heterocycles. The van der Waals surface area contributed by atoms with Crippen LogP contribution in [0.4, 0.5) is 6.01 Å². The van der Waals surface area contributed by atoms with Crippen molar-refractivity contribution in [2.75, 3.05) is 18.5 Å². The van der Waals surface area contributed by atoms with Crippen LogP contribution in [-0.2, 0) is 9.53 Å². The molecule has 1 atom stereocenters. The van der Waals surface area contributed by atoms with Gasteiger partial charge in [0.1, 0.15) is 6.26 Å². The van der Waals surface area contributed by atoms with Crippen LogP contribution in [0.3, 0.4) is 0 Å². The summed E-state index contributed by atoms with van der Waals surface area (Å²) in [6.07, 6.45) is 2.44. The van der Waals surface area contributed by atoms with Gasteiger partial charge in [-0.15, -0.1) is 0 Å². The third-order valence-electron chi connectivity index (χ3n) is 2.58. The molecule has 1 unspecified atom stereocenters. The number of ether oxygens (including phenoxy) is 1. The lowest BCUT2D eigenvalue weighted by Gasteiger charge is -2.22. The number of nitrogens with one attached hydrogen (secondary N) is 2. The Balaban J connectivity index is 1.90. The molecule has 0 radical (unpaired) electrons. The van der Waals surface area contributed by atoms with E-state index in [-0.39, 0.29) is 23.7 Å². The van der Waals surface area contributed by atoms with Crippen LogP contribution in [0.15, 0.2) is 10.7 Å². The molecule has 7 nitrogen and oxygen atoms in total. The summed E-state index contributed by atoms with van der Waals surface area (Å²) in [6, 6.07) is 0.329. The second-order valence-corrected chi connectivity index (χ2v) is 3.94. The SMILES string of the molecule is CCOC(=O)c1coc(NC2CCC(=O)NC2)n1. The van der Waals surface area contributed by atoms with Crippen LogP contribution < -0.4 is 10.6 Å². The van der Waals surface area contributed by atoms with E-state index < -0.39 is 5.97 Å². The Labute approximate surface area is 104 Å². The first-order valence-electron chi connectivity index (χ1n) is 5.85. The van der Waals surface area contributed by atoms with Gasteiger partial charge in [0.25, 0.3) is 6.01 Å². The molecule has 7 heteroatoms. The fourth-order valence-electron chi connectivity index (χ4n) is 1.67. The maximum Gasteiger partial charge on any atom is 0.360 e. The first kappa shape index (κ1) is 12.4. The molecule has 1 aliphatic heterocycles. The minimum absolute atomic E-state index is 0.0488. The highest BCUT2D eigenvalue weighted by Gasteiger charge is 2.20. The molecule has 2 N–H and O–H groups in total. The Morgan fingerprint density at radius 3 is 3.22 bits per heavy atom. The molecule has 1 fully saturated rings. The summed E-state index contributed by atoms with van der Waals surface area (Å²) < 4.78 is 9.93. The van der Waals surface area contributed by atoms with Crippen LogP contribution in [0, 0.1) is 0 Å². The van der Waals surface area contributed by atoms with E-state index in [0.717, 1.165) is 0 Å². The summed E-state index contributed by atoms with van der Waals surface area (Å²) in [6.45, 7) is 2.54. The zero-order valence-corrected chi connectivity index (χ0v) is 10.1. The monoisotopic (exact) mass is 253 g/mol. The van der Waals surface area contributed by atoms with E-state index in [1.165, 1.54) is 6.26 Å². The average Bonchev–Trinajstić information content (AvgIpc) is 2.81. The van der Waals surface area contributed by atoms with Gasteiger partial charge >= 0.3 is 5.97 Å². The van der Waals surface area contributed by atoms with Gasteiger partial charge in [0.05, 0.1) is 6.61 Å². The van der Waals surface area contributed by atoms with Crippen molar-refractivity contribution in [2.24, 2.45) is 0 Å². The molecule has 0 bridgehead atoms. The minimum atomic E-state index is -0.508. The van der Waals surface area contributed by atoms with Gasteiger partial charge in [0.2, 0.25) is 5.91 Å². The van der Waals surface area contributed by atoms with Gasteiger partial charge in [-0.05, 0) is 13.3 Å². The van der Waals surface area contributed by atoms with Gasteiger partial charge < -0.3 is 19.8 Å². The van der Waals surface area contributed by atoms with E-state index in [9.17, 15) is 9.59 Å². The smallest absolute Gasteiger partial charge is 0.360 e. The number of carbonyl (C=O) groups is 2. The fraction of sp³-hybridized carbons (Fsp3) is 0.545. The first-order valence-corrected chi connectivity index (χ1v) is 5.85. The van der Waals surface area contributed by atoms with Crippen molar-refractivity contribution in [3.05, 3.63) is 12.0 Å². The quantitative estimate of drug-likeness (QED) is 0.761. The van der Waals surface area contributed by atoms with Crippen molar-refractivity contribution >= 4 is 17.9 Å². The summed E-state index contributed by atoms with van der Waals surface area (Å²) in [4.78, 5) is 26.3. The normalized spacial score (nSPS) is 19.2. The molecule has 0 saturated carbocycles. The van der Waals surface area contributed by atoms with Gasteiger partial charge in [0.15, 0.2) is 5.69 Å². The van der Waals surface area contributed by atoms with Crippen molar-refractivity contribution in [3.8, 4) is 0 Å². The van der Waals surface area contributed by atoms with Crippen molar-refractivity contribution in [1.29, 1.82) is 0 Å². The molecule has 1 aliphatic rings. The second kappa shape index (κ2) is 5.52. The highest BCUT2D eigenvalue weighted by Crippen LogP contribution is 2.13. The molecule has 1 aromatic rings. The number of amides is 1. The largest absolute Gasteiger partial charge is 0.461 e. The molecular weight excluding hydrogens is 238 g/mol. The van der Waals surface area contributed by atoms with Crippen LogP contribution in [0.25, 0.3) is 0 Å². The summed E-state index contributed by atoms with van der Waals surface area (Å²) in [5.41, 5.74) is 0.138. The predicted octanol–water partition coefficient (Wildman–Crippen LogP) is 0.542. The molecule has 0 aromatic carbocycles. The molecule has 98 valence electrons. The van der Waals surface area contributed by atoms with Gasteiger partial charge in [-0.1, -0.05) is 0 Å². The van der Waals surface area contributed by atoms with Gasteiger partial charge in [-0.3, -0.25) is 4.79 Å². The van der Waals surface area contributed by atoms with Crippen molar-refractivity contribution < 1.29 is 18.7 Å². The van der Waals surface area contributed by atoms with Gasteiger partial charge in [0, 0.05) is 19.0 Å². The molecule has 2 heterocycles. The Kier molecular flexibility index (Phi) is 3.81. The number of aromatic nitrogens is 1. The number of anilines is 1. The highest BCUT2D eigenvalue weighted by atomic mass is 16.5. The molecule has 1 aromatic heterocycles. The van der Waals surface area contributed by atoms with Gasteiger partial charge in [-0.25, -0.2) is 4.79 Å². The van der Waals surface area contributed by atoms with E-state index in [1.807, 2.05) is 0 Å². The number of carbonyl (C=O) groups excluding carboxylic acids is 2. The highest BCUT2D eigenvalue weighted by molar-refractivity contribution is 5.87. The van der Waals surface area contributed by atoms with E-state index >= 15 is 0 Å². The minimum Gasteiger partial charge on any atom is -0.461 e.